The van der Waals surface area contributed by atoms with Crippen LogP contribution in [0.5, 0.6) is 5.75 Å². The Labute approximate surface area is 135 Å². The SMILES string of the molecule is O=C(NC(c1ccc2c(c1)CCO2)C1CC(O)C1)C1(CO)CC1. The van der Waals surface area contributed by atoms with Crippen molar-refractivity contribution < 1.29 is 19.7 Å². The van der Waals surface area contributed by atoms with Gasteiger partial charge < -0.3 is 20.3 Å². The van der Waals surface area contributed by atoms with E-state index in [4.69, 9.17) is 4.74 Å². The molecule has 124 valence electrons. The molecule has 2 aliphatic carbocycles. The van der Waals surface area contributed by atoms with Crippen LogP contribution in [-0.4, -0.2) is 35.4 Å². The van der Waals surface area contributed by atoms with Gasteiger partial charge in [-0.1, -0.05) is 6.07 Å². The second-order valence-corrected chi connectivity index (χ2v) is 7.24. The minimum Gasteiger partial charge on any atom is -0.493 e. The number of nitrogens with one attached hydrogen (secondary N) is 1. The molecular formula is C18H23NO4. The molecule has 0 bridgehead atoms. The van der Waals surface area contributed by atoms with Gasteiger partial charge in [0.05, 0.1) is 30.8 Å². The highest BCUT2D eigenvalue weighted by Gasteiger charge is 2.50. The summed E-state index contributed by atoms with van der Waals surface area (Å²) in [6, 6.07) is 6.01. The Kier molecular flexibility index (Phi) is 3.58. The van der Waals surface area contributed by atoms with Gasteiger partial charge >= 0.3 is 0 Å². The van der Waals surface area contributed by atoms with E-state index in [2.05, 4.69) is 11.4 Å². The lowest BCUT2D eigenvalue weighted by Crippen LogP contribution is -2.44. The van der Waals surface area contributed by atoms with Gasteiger partial charge in [-0.3, -0.25) is 4.79 Å². The Morgan fingerprint density at radius 1 is 1.39 bits per heavy atom. The van der Waals surface area contributed by atoms with E-state index in [1.807, 2.05) is 12.1 Å². The molecular weight excluding hydrogens is 294 g/mol. The molecule has 1 heterocycles. The molecule has 0 aromatic heterocycles. The smallest absolute Gasteiger partial charge is 0.229 e. The molecule has 1 amide bonds. The molecule has 0 spiro atoms. The zero-order valence-electron chi connectivity index (χ0n) is 13.1. The van der Waals surface area contributed by atoms with E-state index in [0.717, 1.165) is 30.6 Å². The van der Waals surface area contributed by atoms with Gasteiger partial charge in [-0.05, 0) is 54.9 Å². The monoisotopic (exact) mass is 317 g/mol. The first-order valence-corrected chi connectivity index (χ1v) is 8.47. The summed E-state index contributed by atoms with van der Waals surface area (Å²) in [4.78, 5) is 12.5. The Morgan fingerprint density at radius 2 is 2.17 bits per heavy atom. The fourth-order valence-electron chi connectivity index (χ4n) is 3.68. The maximum absolute atomic E-state index is 12.5. The topological polar surface area (TPSA) is 78.8 Å². The highest BCUT2D eigenvalue weighted by Crippen LogP contribution is 2.47. The number of carbonyl (C=O) groups is 1. The fraction of sp³-hybridized carbons (Fsp3) is 0.611. The summed E-state index contributed by atoms with van der Waals surface area (Å²) in [7, 11) is 0. The highest BCUT2D eigenvalue weighted by molar-refractivity contribution is 5.85. The molecule has 0 radical (unpaired) electrons. The summed E-state index contributed by atoms with van der Waals surface area (Å²) in [5, 5.41) is 22.3. The predicted molar refractivity (Wildman–Crippen MR) is 84.0 cm³/mol. The largest absolute Gasteiger partial charge is 0.493 e. The number of aliphatic hydroxyl groups excluding tert-OH is 2. The van der Waals surface area contributed by atoms with Gasteiger partial charge in [0, 0.05) is 6.42 Å². The summed E-state index contributed by atoms with van der Waals surface area (Å²) in [6.45, 7) is 0.627. The van der Waals surface area contributed by atoms with Gasteiger partial charge in [0.1, 0.15) is 5.75 Å². The molecule has 4 rings (SSSR count). The number of hydrogen-bond acceptors (Lipinski definition) is 4. The van der Waals surface area contributed by atoms with Crippen LogP contribution in [0.3, 0.4) is 0 Å². The minimum absolute atomic E-state index is 0.0526. The molecule has 1 unspecified atom stereocenters. The zero-order valence-corrected chi connectivity index (χ0v) is 13.1. The van der Waals surface area contributed by atoms with Crippen molar-refractivity contribution in [3.05, 3.63) is 29.3 Å². The lowest BCUT2D eigenvalue weighted by molar-refractivity contribution is -0.129. The molecule has 1 atom stereocenters. The van der Waals surface area contributed by atoms with Gasteiger partial charge in [0.25, 0.3) is 0 Å². The Hall–Kier alpha value is -1.59. The summed E-state index contributed by atoms with van der Waals surface area (Å²) in [5.41, 5.74) is 1.69. The van der Waals surface area contributed by atoms with Crippen molar-refractivity contribution in [2.24, 2.45) is 11.3 Å². The van der Waals surface area contributed by atoms with Gasteiger partial charge in [0.2, 0.25) is 5.91 Å². The van der Waals surface area contributed by atoms with E-state index in [1.54, 1.807) is 0 Å². The third-order valence-corrected chi connectivity index (χ3v) is 5.62. The number of ether oxygens (including phenoxy) is 1. The van der Waals surface area contributed by atoms with Crippen molar-refractivity contribution in [3.8, 4) is 5.75 Å². The molecule has 5 heteroatoms. The van der Waals surface area contributed by atoms with Crippen molar-refractivity contribution in [2.45, 2.75) is 44.2 Å². The minimum atomic E-state index is -0.569. The van der Waals surface area contributed by atoms with Crippen LogP contribution in [0.1, 0.15) is 42.9 Å². The van der Waals surface area contributed by atoms with E-state index in [9.17, 15) is 15.0 Å². The van der Waals surface area contributed by atoms with Crippen LogP contribution in [0.15, 0.2) is 18.2 Å². The Balaban J connectivity index is 1.57. The summed E-state index contributed by atoms with van der Waals surface area (Å²) < 4.78 is 5.55. The fourth-order valence-corrected chi connectivity index (χ4v) is 3.68. The van der Waals surface area contributed by atoms with Crippen molar-refractivity contribution >= 4 is 5.91 Å². The van der Waals surface area contributed by atoms with Crippen molar-refractivity contribution in [1.29, 1.82) is 0 Å². The van der Waals surface area contributed by atoms with Crippen LogP contribution in [0, 0.1) is 11.3 Å². The highest BCUT2D eigenvalue weighted by atomic mass is 16.5. The van der Waals surface area contributed by atoms with Gasteiger partial charge in [-0.15, -0.1) is 0 Å². The van der Waals surface area contributed by atoms with Crippen LogP contribution < -0.4 is 10.1 Å². The lowest BCUT2D eigenvalue weighted by Gasteiger charge is -2.39. The zero-order chi connectivity index (χ0) is 16.0. The number of benzene rings is 1. The normalized spacial score (nSPS) is 28.3. The molecule has 1 aliphatic heterocycles. The van der Waals surface area contributed by atoms with Gasteiger partial charge in [-0.25, -0.2) is 0 Å². The number of hydrogen-bond donors (Lipinski definition) is 3. The third kappa shape index (κ3) is 2.62. The van der Waals surface area contributed by atoms with E-state index >= 15 is 0 Å². The average Bonchev–Trinajstić information content (AvgIpc) is 3.20. The molecule has 3 aliphatic rings. The third-order valence-electron chi connectivity index (χ3n) is 5.62. The van der Waals surface area contributed by atoms with Crippen LogP contribution in [0.2, 0.25) is 0 Å². The number of rotatable bonds is 5. The molecule has 0 saturated heterocycles. The molecule has 2 fully saturated rings. The Bertz CT molecular complexity index is 619. The summed E-state index contributed by atoms with van der Waals surface area (Å²) in [6.07, 6.45) is 3.58. The van der Waals surface area contributed by atoms with E-state index in [1.165, 1.54) is 5.56 Å². The van der Waals surface area contributed by atoms with Crippen LogP contribution in [0.4, 0.5) is 0 Å². The van der Waals surface area contributed by atoms with Crippen LogP contribution in [-0.2, 0) is 11.2 Å². The molecule has 1 aromatic rings. The van der Waals surface area contributed by atoms with Crippen molar-refractivity contribution in [2.75, 3.05) is 13.2 Å². The first-order valence-electron chi connectivity index (χ1n) is 8.47. The average molecular weight is 317 g/mol. The number of amides is 1. The maximum Gasteiger partial charge on any atom is 0.229 e. The molecule has 5 nitrogen and oxygen atoms in total. The van der Waals surface area contributed by atoms with E-state index in [-0.39, 0.29) is 30.6 Å². The first kappa shape index (κ1) is 15.0. The second-order valence-electron chi connectivity index (χ2n) is 7.24. The van der Waals surface area contributed by atoms with Crippen molar-refractivity contribution in [1.82, 2.24) is 5.32 Å². The quantitative estimate of drug-likeness (QED) is 0.765. The molecule has 3 N–H and O–H groups in total. The molecule has 2 saturated carbocycles. The van der Waals surface area contributed by atoms with Gasteiger partial charge in [-0.2, -0.15) is 0 Å². The maximum atomic E-state index is 12.5. The number of aliphatic hydroxyl groups is 2. The Morgan fingerprint density at radius 3 is 2.83 bits per heavy atom. The van der Waals surface area contributed by atoms with Crippen LogP contribution >= 0.6 is 0 Å². The van der Waals surface area contributed by atoms with E-state index < -0.39 is 5.41 Å². The van der Waals surface area contributed by atoms with Gasteiger partial charge in [0.15, 0.2) is 0 Å². The predicted octanol–water partition coefficient (Wildman–Crippen LogP) is 1.32. The van der Waals surface area contributed by atoms with E-state index in [0.29, 0.717) is 19.4 Å². The standard InChI is InChI=1S/C18H23NO4/c20-10-18(4-5-18)17(22)19-16(13-8-14(21)9-13)12-1-2-15-11(7-12)3-6-23-15/h1-2,7,13-14,16,20-21H,3-6,8-10H2,(H,19,22). The second kappa shape index (κ2) is 5.49. The number of carbonyl (C=O) groups excluding carboxylic acids is 1. The lowest BCUT2D eigenvalue weighted by atomic mass is 9.74. The molecule has 23 heavy (non-hydrogen) atoms. The van der Waals surface area contributed by atoms with Crippen LogP contribution in [0.25, 0.3) is 0 Å². The summed E-state index contributed by atoms with van der Waals surface area (Å²) in [5.74, 6) is 1.13. The summed E-state index contributed by atoms with van der Waals surface area (Å²) >= 11 is 0. The first-order chi connectivity index (χ1) is 11.1. The number of fused-ring (bicyclic) bond motifs is 1. The van der Waals surface area contributed by atoms with Crippen molar-refractivity contribution in [3.63, 3.8) is 0 Å². The molecule has 1 aromatic carbocycles.